The number of fused-ring (bicyclic) bond motifs is 1. The predicted molar refractivity (Wildman–Crippen MR) is 71.7 cm³/mol. The van der Waals surface area contributed by atoms with Crippen LogP contribution in [0.2, 0.25) is 0 Å². The van der Waals surface area contributed by atoms with Crippen LogP contribution in [0.5, 0.6) is 0 Å². The Kier molecular flexibility index (Phi) is 2.61. The summed E-state index contributed by atoms with van der Waals surface area (Å²) in [5.74, 6) is 0. The first-order valence-corrected chi connectivity index (χ1v) is 6.41. The molecule has 1 aromatic carbocycles. The Morgan fingerprint density at radius 3 is 2.83 bits per heavy atom. The van der Waals surface area contributed by atoms with Gasteiger partial charge >= 0.3 is 0 Å². The second-order valence-electron chi connectivity index (χ2n) is 5.38. The molecule has 92 valence electrons. The summed E-state index contributed by atoms with van der Waals surface area (Å²) in [6, 6.07) is 10.8. The molecular weight excluding hydrogens is 222 g/mol. The van der Waals surface area contributed by atoms with E-state index < -0.39 is 0 Å². The van der Waals surface area contributed by atoms with E-state index in [-0.39, 0.29) is 5.41 Å². The number of nitriles is 1. The fraction of sp³-hybridized carbons (Fsp3) is 0.400. The maximum atomic E-state index is 8.88. The lowest BCUT2D eigenvalue weighted by atomic mass is 10.0. The van der Waals surface area contributed by atoms with Crippen LogP contribution in [0.4, 0.5) is 0 Å². The van der Waals surface area contributed by atoms with Crippen LogP contribution in [0.3, 0.4) is 0 Å². The highest BCUT2D eigenvalue weighted by molar-refractivity contribution is 5.80. The number of hydrogen-bond donors (Lipinski definition) is 1. The first-order valence-electron chi connectivity index (χ1n) is 6.41. The van der Waals surface area contributed by atoms with Crippen LogP contribution in [0.15, 0.2) is 30.5 Å². The van der Waals surface area contributed by atoms with Crippen LogP contribution < -0.4 is 5.73 Å². The smallest absolute Gasteiger partial charge is 0.0628 e. The first kappa shape index (κ1) is 11.3. The molecular formula is C15H17N3. The maximum Gasteiger partial charge on any atom is 0.0628 e. The second kappa shape index (κ2) is 4.15. The monoisotopic (exact) mass is 239 g/mol. The quantitative estimate of drug-likeness (QED) is 0.892. The van der Waals surface area contributed by atoms with Gasteiger partial charge in [0.25, 0.3) is 0 Å². The van der Waals surface area contributed by atoms with Crippen molar-refractivity contribution in [3.05, 3.63) is 36.0 Å². The van der Waals surface area contributed by atoms with E-state index in [1.54, 1.807) is 0 Å². The Labute approximate surface area is 107 Å². The summed E-state index contributed by atoms with van der Waals surface area (Å²) in [5, 5.41) is 10.1. The van der Waals surface area contributed by atoms with Gasteiger partial charge in [0, 0.05) is 36.6 Å². The lowest BCUT2D eigenvalue weighted by Gasteiger charge is -2.13. The van der Waals surface area contributed by atoms with Gasteiger partial charge in [-0.05, 0) is 42.0 Å². The lowest BCUT2D eigenvalue weighted by Crippen LogP contribution is -2.10. The molecule has 2 aromatic rings. The van der Waals surface area contributed by atoms with E-state index in [1.807, 2.05) is 0 Å². The van der Waals surface area contributed by atoms with E-state index in [2.05, 4.69) is 41.1 Å². The molecule has 1 aliphatic rings. The summed E-state index contributed by atoms with van der Waals surface area (Å²) >= 11 is 0. The molecule has 0 amide bonds. The predicted octanol–water partition coefficient (Wildman–Crippen LogP) is 2.79. The van der Waals surface area contributed by atoms with E-state index in [4.69, 9.17) is 11.0 Å². The van der Waals surface area contributed by atoms with Gasteiger partial charge in [-0.15, -0.1) is 0 Å². The second-order valence-corrected chi connectivity index (χ2v) is 5.38. The molecule has 0 atom stereocenters. The van der Waals surface area contributed by atoms with Crippen molar-refractivity contribution in [2.45, 2.75) is 32.4 Å². The fourth-order valence-electron chi connectivity index (χ4n) is 2.61. The number of aromatic nitrogens is 1. The highest BCUT2D eigenvalue weighted by Crippen LogP contribution is 2.50. The molecule has 0 bridgehead atoms. The SMILES string of the molecule is N#CCC1(Cn2ccc3cc(CN)ccc32)CC1. The zero-order valence-electron chi connectivity index (χ0n) is 10.4. The summed E-state index contributed by atoms with van der Waals surface area (Å²) < 4.78 is 2.28. The Morgan fingerprint density at radius 1 is 1.33 bits per heavy atom. The lowest BCUT2D eigenvalue weighted by molar-refractivity contribution is 0.440. The van der Waals surface area contributed by atoms with Gasteiger partial charge < -0.3 is 10.3 Å². The topological polar surface area (TPSA) is 54.7 Å². The van der Waals surface area contributed by atoms with Crippen molar-refractivity contribution >= 4 is 10.9 Å². The fourth-order valence-corrected chi connectivity index (χ4v) is 2.61. The molecule has 0 saturated heterocycles. The maximum absolute atomic E-state index is 8.88. The van der Waals surface area contributed by atoms with Crippen molar-refractivity contribution in [1.82, 2.24) is 4.57 Å². The summed E-state index contributed by atoms with van der Waals surface area (Å²) in [6.07, 6.45) is 5.16. The van der Waals surface area contributed by atoms with Crippen molar-refractivity contribution in [3.63, 3.8) is 0 Å². The molecule has 1 heterocycles. The molecule has 3 nitrogen and oxygen atoms in total. The van der Waals surface area contributed by atoms with Crippen molar-refractivity contribution in [2.75, 3.05) is 0 Å². The molecule has 0 spiro atoms. The minimum absolute atomic E-state index is 0.243. The van der Waals surface area contributed by atoms with Crippen molar-refractivity contribution in [2.24, 2.45) is 11.1 Å². The molecule has 0 radical (unpaired) electrons. The zero-order valence-corrected chi connectivity index (χ0v) is 10.4. The van der Waals surface area contributed by atoms with E-state index in [0.29, 0.717) is 13.0 Å². The third-order valence-corrected chi connectivity index (χ3v) is 3.99. The van der Waals surface area contributed by atoms with Gasteiger partial charge in [0.05, 0.1) is 6.07 Å². The Balaban J connectivity index is 1.92. The largest absolute Gasteiger partial charge is 0.347 e. The zero-order chi connectivity index (χ0) is 12.6. The molecule has 0 unspecified atom stereocenters. The van der Waals surface area contributed by atoms with Gasteiger partial charge in [-0.25, -0.2) is 0 Å². The minimum Gasteiger partial charge on any atom is -0.347 e. The normalized spacial score (nSPS) is 16.7. The molecule has 3 heteroatoms. The average molecular weight is 239 g/mol. The van der Waals surface area contributed by atoms with Gasteiger partial charge in [-0.1, -0.05) is 6.07 Å². The van der Waals surface area contributed by atoms with Gasteiger partial charge in [-0.2, -0.15) is 5.26 Å². The number of nitrogens with zero attached hydrogens (tertiary/aromatic N) is 2. The number of nitrogens with two attached hydrogens (primary N) is 1. The Bertz CT molecular complexity index is 614. The van der Waals surface area contributed by atoms with Crippen LogP contribution in [-0.2, 0) is 13.1 Å². The van der Waals surface area contributed by atoms with Crippen LogP contribution in [0, 0.1) is 16.7 Å². The summed E-state index contributed by atoms with van der Waals surface area (Å²) in [7, 11) is 0. The molecule has 18 heavy (non-hydrogen) atoms. The minimum atomic E-state index is 0.243. The van der Waals surface area contributed by atoms with E-state index in [1.165, 1.54) is 29.3 Å². The van der Waals surface area contributed by atoms with Crippen LogP contribution in [0.1, 0.15) is 24.8 Å². The summed E-state index contributed by atoms with van der Waals surface area (Å²) in [6.45, 7) is 1.55. The van der Waals surface area contributed by atoms with Crippen molar-refractivity contribution < 1.29 is 0 Å². The van der Waals surface area contributed by atoms with Crippen LogP contribution >= 0.6 is 0 Å². The third kappa shape index (κ3) is 1.89. The van der Waals surface area contributed by atoms with Crippen LogP contribution in [-0.4, -0.2) is 4.57 Å². The molecule has 1 saturated carbocycles. The molecule has 3 rings (SSSR count). The molecule has 0 aliphatic heterocycles. The van der Waals surface area contributed by atoms with Gasteiger partial charge in [0.1, 0.15) is 0 Å². The summed E-state index contributed by atoms with van der Waals surface area (Å²) in [5.41, 5.74) is 8.31. The summed E-state index contributed by atoms with van der Waals surface area (Å²) in [4.78, 5) is 0. The van der Waals surface area contributed by atoms with Gasteiger partial charge in [0.15, 0.2) is 0 Å². The van der Waals surface area contributed by atoms with Crippen LogP contribution in [0.25, 0.3) is 10.9 Å². The van der Waals surface area contributed by atoms with Gasteiger partial charge in [0.2, 0.25) is 0 Å². The Hall–Kier alpha value is -1.79. The number of benzene rings is 1. The molecule has 2 N–H and O–H groups in total. The van der Waals surface area contributed by atoms with Crippen molar-refractivity contribution in [1.29, 1.82) is 5.26 Å². The van der Waals surface area contributed by atoms with Gasteiger partial charge in [-0.3, -0.25) is 0 Å². The molecule has 1 fully saturated rings. The highest BCUT2D eigenvalue weighted by Gasteiger charge is 2.42. The third-order valence-electron chi connectivity index (χ3n) is 3.99. The average Bonchev–Trinajstić information content (AvgIpc) is 3.03. The van der Waals surface area contributed by atoms with E-state index in [9.17, 15) is 0 Å². The van der Waals surface area contributed by atoms with E-state index >= 15 is 0 Å². The molecule has 1 aromatic heterocycles. The van der Waals surface area contributed by atoms with Crippen molar-refractivity contribution in [3.8, 4) is 6.07 Å². The highest BCUT2D eigenvalue weighted by atomic mass is 15.0. The Morgan fingerprint density at radius 2 is 2.17 bits per heavy atom. The standard InChI is InChI=1S/C15H17N3/c16-7-6-15(4-5-15)11-18-8-3-13-9-12(10-17)1-2-14(13)18/h1-3,8-9H,4-6,10-11,17H2. The first-order chi connectivity index (χ1) is 8.76. The molecule has 1 aliphatic carbocycles. The van der Waals surface area contributed by atoms with E-state index in [0.717, 1.165) is 6.54 Å². The number of hydrogen-bond acceptors (Lipinski definition) is 2. The number of rotatable bonds is 4.